The second kappa shape index (κ2) is 13.8. The van der Waals surface area contributed by atoms with Gasteiger partial charge in [0, 0.05) is 0 Å². The molecule has 5 heteroatoms. The van der Waals surface area contributed by atoms with Gasteiger partial charge < -0.3 is 14.9 Å². The van der Waals surface area contributed by atoms with Crippen LogP contribution in [0.3, 0.4) is 0 Å². The minimum Gasteiger partial charge on any atom is -0.480 e. The smallest absolute Gasteiger partial charge is 0.317 e. The number of carboxylic acids is 1. The molecule has 0 saturated heterocycles. The van der Waals surface area contributed by atoms with Crippen molar-refractivity contribution in [3.63, 3.8) is 0 Å². The van der Waals surface area contributed by atoms with Gasteiger partial charge in [-0.2, -0.15) is 0 Å². The zero-order chi connectivity index (χ0) is 15.3. The molecular weight excluding hydrogens is 242 g/mol. The van der Waals surface area contributed by atoms with Gasteiger partial charge in [-0.15, -0.1) is 0 Å². The third kappa shape index (κ3) is 17.4. The van der Waals surface area contributed by atoms with Crippen molar-refractivity contribution in [3.05, 3.63) is 0 Å². The molecule has 0 radical (unpaired) electrons. The first-order valence-corrected chi connectivity index (χ1v) is 7.15. The van der Waals surface area contributed by atoms with Crippen molar-refractivity contribution in [2.75, 3.05) is 60.9 Å². The van der Waals surface area contributed by atoms with E-state index in [1.165, 1.54) is 0 Å². The third-order valence-electron chi connectivity index (χ3n) is 2.52. The summed E-state index contributed by atoms with van der Waals surface area (Å²) >= 11 is 0. The molecule has 0 fully saturated rings. The normalized spacial score (nSPS) is 10.8. The van der Waals surface area contributed by atoms with Gasteiger partial charge in [-0.05, 0) is 67.2 Å². The van der Waals surface area contributed by atoms with Crippen molar-refractivity contribution in [1.82, 2.24) is 14.7 Å². The van der Waals surface area contributed by atoms with E-state index >= 15 is 0 Å². The quantitative estimate of drug-likeness (QED) is 0.651. The van der Waals surface area contributed by atoms with Crippen LogP contribution in [0.2, 0.25) is 0 Å². The number of carboxylic acid groups (broad SMARTS) is 1. The Bertz CT molecular complexity index is 195. The predicted molar refractivity (Wildman–Crippen MR) is 81.8 cm³/mol. The Morgan fingerprint density at radius 2 is 1.21 bits per heavy atom. The molecule has 0 unspecified atom stereocenters. The fraction of sp³-hybridized carbons (Fsp3) is 0.929. The van der Waals surface area contributed by atoms with Gasteiger partial charge in [0.25, 0.3) is 0 Å². The van der Waals surface area contributed by atoms with E-state index in [9.17, 15) is 4.79 Å². The number of nitrogens with zero attached hydrogens (tertiary/aromatic N) is 3. The number of rotatable bonds is 10. The highest BCUT2D eigenvalue weighted by Crippen LogP contribution is 1.96. The molecule has 0 heterocycles. The lowest BCUT2D eigenvalue weighted by Crippen LogP contribution is -2.34. The molecule has 0 amide bonds. The summed E-state index contributed by atoms with van der Waals surface area (Å²) in [6.45, 7) is 7.88. The molecule has 0 rings (SSSR count). The number of carbonyl (C=O) groups is 1. The first kappa shape index (κ1) is 20.7. The van der Waals surface area contributed by atoms with Crippen molar-refractivity contribution >= 4 is 5.97 Å². The minimum absolute atomic E-state index is 0.154. The number of aliphatic carboxylic acids is 1. The van der Waals surface area contributed by atoms with Crippen molar-refractivity contribution < 1.29 is 9.90 Å². The standard InChI is InChI=1S/C12H27N3O2.C2H6/c1-13(2)7-5-9-15(11-12(16)17)10-6-8-14(3)4;1-2/h5-11H2,1-4H3,(H,16,17);1-2H3. The van der Waals surface area contributed by atoms with Crippen LogP contribution in [0.1, 0.15) is 26.7 Å². The molecule has 0 aromatic heterocycles. The largest absolute Gasteiger partial charge is 0.480 e. The van der Waals surface area contributed by atoms with Crippen LogP contribution in [-0.4, -0.2) is 86.7 Å². The fourth-order valence-corrected chi connectivity index (χ4v) is 1.68. The van der Waals surface area contributed by atoms with Gasteiger partial charge in [-0.25, -0.2) is 0 Å². The van der Waals surface area contributed by atoms with Crippen LogP contribution < -0.4 is 0 Å². The number of hydrogen-bond acceptors (Lipinski definition) is 4. The summed E-state index contributed by atoms with van der Waals surface area (Å²) in [4.78, 5) is 17.0. The summed E-state index contributed by atoms with van der Waals surface area (Å²) in [5, 5.41) is 8.84. The maximum atomic E-state index is 10.7. The van der Waals surface area contributed by atoms with E-state index in [4.69, 9.17) is 5.11 Å². The summed E-state index contributed by atoms with van der Waals surface area (Å²) in [5.41, 5.74) is 0. The third-order valence-corrected chi connectivity index (χ3v) is 2.52. The Labute approximate surface area is 119 Å². The molecule has 116 valence electrons. The summed E-state index contributed by atoms with van der Waals surface area (Å²) in [6.07, 6.45) is 2.03. The topological polar surface area (TPSA) is 47.0 Å². The van der Waals surface area contributed by atoms with Gasteiger partial charge in [0.1, 0.15) is 0 Å². The van der Waals surface area contributed by atoms with Crippen molar-refractivity contribution in [1.29, 1.82) is 0 Å². The molecule has 0 aliphatic rings. The molecule has 0 aliphatic carbocycles. The summed E-state index contributed by atoms with van der Waals surface area (Å²) < 4.78 is 0. The predicted octanol–water partition coefficient (Wildman–Crippen LogP) is 1.30. The van der Waals surface area contributed by atoms with E-state index in [2.05, 4.69) is 9.80 Å². The highest BCUT2D eigenvalue weighted by Gasteiger charge is 2.09. The minimum atomic E-state index is -0.736. The molecule has 0 aromatic rings. The van der Waals surface area contributed by atoms with E-state index in [0.29, 0.717) is 0 Å². The lowest BCUT2D eigenvalue weighted by Gasteiger charge is -2.22. The van der Waals surface area contributed by atoms with E-state index in [0.717, 1.165) is 39.0 Å². The van der Waals surface area contributed by atoms with Gasteiger partial charge in [0.15, 0.2) is 0 Å². The van der Waals surface area contributed by atoms with Crippen LogP contribution in [0.4, 0.5) is 0 Å². The van der Waals surface area contributed by atoms with Gasteiger partial charge in [0.05, 0.1) is 6.54 Å². The fourth-order valence-electron chi connectivity index (χ4n) is 1.68. The lowest BCUT2D eigenvalue weighted by atomic mass is 10.3. The Morgan fingerprint density at radius 1 is 0.842 bits per heavy atom. The Kier molecular flexibility index (Phi) is 15.0. The first-order chi connectivity index (χ1) is 8.91. The number of hydrogen-bond donors (Lipinski definition) is 1. The van der Waals surface area contributed by atoms with Crippen LogP contribution in [0.25, 0.3) is 0 Å². The summed E-state index contributed by atoms with van der Waals surface area (Å²) in [6, 6.07) is 0. The molecule has 0 aromatic carbocycles. The first-order valence-electron chi connectivity index (χ1n) is 7.15. The van der Waals surface area contributed by atoms with Gasteiger partial charge in [-0.3, -0.25) is 9.69 Å². The van der Waals surface area contributed by atoms with E-state index in [1.807, 2.05) is 46.9 Å². The summed E-state index contributed by atoms with van der Waals surface area (Å²) in [7, 11) is 8.14. The van der Waals surface area contributed by atoms with Crippen LogP contribution in [0.5, 0.6) is 0 Å². The zero-order valence-corrected chi connectivity index (χ0v) is 13.6. The molecule has 0 bridgehead atoms. The molecule has 0 atom stereocenters. The molecule has 19 heavy (non-hydrogen) atoms. The highest BCUT2D eigenvalue weighted by atomic mass is 16.4. The monoisotopic (exact) mass is 275 g/mol. The Balaban J connectivity index is 0. The second-order valence-electron chi connectivity index (χ2n) is 4.98. The second-order valence-corrected chi connectivity index (χ2v) is 4.98. The Hall–Kier alpha value is -0.650. The van der Waals surface area contributed by atoms with Crippen LogP contribution >= 0.6 is 0 Å². The van der Waals surface area contributed by atoms with Gasteiger partial charge in [-0.1, -0.05) is 13.8 Å². The van der Waals surface area contributed by atoms with Gasteiger partial charge >= 0.3 is 5.97 Å². The van der Waals surface area contributed by atoms with Crippen LogP contribution in [0.15, 0.2) is 0 Å². The lowest BCUT2D eigenvalue weighted by molar-refractivity contribution is -0.138. The van der Waals surface area contributed by atoms with Crippen molar-refractivity contribution in [3.8, 4) is 0 Å². The summed E-state index contributed by atoms with van der Waals surface area (Å²) in [5.74, 6) is -0.736. The average Bonchev–Trinajstić information content (AvgIpc) is 2.29. The van der Waals surface area contributed by atoms with E-state index in [-0.39, 0.29) is 6.54 Å². The van der Waals surface area contributed by atoms with Crippen molar-refractivity contribution in [2.45, 2.75) is 26.7 Å². The maximum absolute atomic E-state index is 10.7. The van der Waals surface area contributed by atoms with E-state index in [1.54, 1.807) is 0 Å². The SMILES string of the molecule is CC.CN(C)CCCN(CCCN(C)C)CC(=O)O. The molecular formula is C14H33N3O2. The van der Waals surface area contributed by atoms with E-state index < -0.39 is 5.97 Å². The zero-order valence-electron chi connectivity index (χ0n) is 13.6. The molecule has 1 N–H and O–H groups in total. The Morgan fingerprint density at radius 3 is 1.47 bits per heavy atom. The highest BCUT2D eigenvalue weighted by molar-refractivity contribution is 5.69. The average molecular weight is 275 g/mol. The molecule has 5 nitrogen and oxygen atoms in total. The molecule has 0 saturated carbocycles. The molecule has 0 aliphatic heterocycles. The molecule has 0 spiro atoms. The van der Waals surface area contributed by atoms with Crippen LogP contribution in [-0.2, 0) is 4.79 Å². The van der Waals surface area contributed by atoms with Crippen LogP contribution in [0, 0.1) is 0 Å². The van der Waals surface area contributed by atoms with Gasteiger partial charge in [0.2, 0.25) is 0 Å². The van der Waals surface area contributed by atoms with Crippen molar-refractivity contribution in [2.24, 2.45) is 0 Å². The maximum Gasteiger partial charge on any atom is 0.317 e.